The molecule has 33 heavy (non-hydrogen) atoms. The van der Waals surface area contributed by atoms with Gasteiger partial charge in [0.1, 0.15) is 0 Å². The average Bonchev–Trinajstić information content (AvgIpc) is 2.85. The zero-order valence-corrected chi connectivity index (χ0v) is 19.5. The van der Waals surface area contributed by atoms with Crippen LogP contribution in [-0.4, -0.2) is 20.0 Å². The number of ether oxygens (including phenoxy) is 2. The molecule has 4 nitrogen and oxygen atoms in total. The quantitative estimate of drug-likeness (QED) is 0.303. The summed E-state index contributed by atoms with van der Waals surface area (Å²) in [5.41, 5.74) is 5.08. The van der Waals surface area contributed by atoms with E-state index in [1.807, 2.05) is 54.6 Å². The van der Waals surface area contributed by atoms with Crippen LogP contribution in [0.15, 0.2) is 78.9 Å². The number of methoxy groups -OCH3 is 2. The number of anilines is 1. The fourth-order valence-electron chi connectivity index (χ4n) is 4.02. The van der Waals surface area contributed by atoms with Crippen molar-refractivity contribution >= 4 is 22.2 Å². The Morgan fingerprint density at radius 2 is 1.55 bits per heavy atom. The van der Waals surface area contributed by atoms with Gasteiger partial charge in [0.2, 0.25) is 0 Å². The van der Waals surface area contributed by atoms with Crippen LogP contribution in [0.2, 0.25) is 0 Å². The summed E-state index contributed by atoms with van der Waals surface area (Å²) in [4.78, 5) is 13.4. The number of carbonyl (C=O) groups excluding carboxylic acids is 1. The van der Waals surface area contributed by atoms with E-state index in [-0.39, 0.29) is 11.8 Å². The Morgan fingerprint density at radius 3 is 2.27 bits per heavy atom. The van der Waals surface area contributed by atoms with Crippen molar-refractivity contribution < 1.29 is 14.3 Å². The summed E-state index contributed by atoms with van der Waals surface area (Å²) in [7, 11) is 3.24. The molecule has 4 aromatic carbocycles. The molecule has 0 aliphatic carbocycles. The van der Waals surface area contributed by atoms with Gasteiger partial charge in [0, 0.05) is 17.7 Å². The highest BCUT2D eigenvalue weighted by Gasteiger charge is 2.20. The molecule has 1 unspecified atom stereocenters. The first-order valence-corrected chi connectivity index (χ1v) is 11.1. The standard InChI is InChI=1S/C29H29NO3/c1-19-9-13-25(15-20(19)2)30-26(23-12-14-28(32-3)29(17-23)33-4)18-27(31)24-11-10-21-7-5-6-8-22(21)16-24/h5-17,26,30H,18H2,1-4H3. The molecule has 168 valence electrons. The molecule has 0 spiro atoms. The van der Waals surface area contributed by atoms with E-state index in [0.29, 0.717) is 23.5 Å². The van der Waals surface area contributed by atoms with Crippen LogP contribution in [0.1, 0.15) is 39.5 Å². The van der Waals surface area contributed by atoms with Crippen LogP contribution in [0, 0.1) is 13.8 Å². The first kappa shape index (κ1) is 22.4. The van der Waals surface area contributed by atoms with Crippen LogP contribution in [0.25, 0.3) is 10.8 Å². The smallest absolute Gasteiger partial charge is 0.165 e. The minimum absolute atomic E-state index is 0.0804. The molecule has 1 N–H and O–H groups in total. The number of fused-ring (bicyclic) bond motifs is 1. The van der Waals surface area contributed by atoms with E-state index in [9.17, 15) is 4.79 Å². The molecular formula is C29H29NO3. The topological polar surface area (TPSA) is 47.6 Å². The highest BCUT2D eigenvalue weighted by molar-refractivity contribution is 6.00. The maximum absolute atomic E-state index is 13.4. The molecule has 0 bridgehead atoms. The molecule has 0 aliphatic rings. The van der Waals surface area contributed by atoms with Gasteiger partial charge in [0.25, 0.3) is 0 Å². The van der Waals surface area contributed by atoms with Gasteiger partial charge in [-0.25, -0.2) is 0 Å². The van der Waals surface area contributed by atoms with Crippen LogP contribution in [-0.2, 0) is 0 Å². The third-order valence-electron chi connectivity index (χ3n) is 6.12. The largest absolute Gasteiger partial charge is 0.493 e. The van der Waals surface area contributed by atoms with Gasteiger partial charge in [-0.05, 0) is 71.6 Å². The van der Waals surface area contributed by atoms with E-state index in [4.69, 9.17) is 9.47 Å². The Labute approximate surface area is 195 Å². The lowest BCUT2D eigenvalue weighted by atomic mass is 9.95. The van der Waals surface area contributed by atoms with E-state index in [1.165, 1.54) is 11.1 Å². The van der Waals surface area contributed by atoms with Crippen molar-refractivity contribution in [3.8, 4) is 11.5 Å². The number of ketones is 1. The second kappa shape index (κ2) is 9.78. The van der Waals surface area contributed by atoms with Crippen molar-refractivity contribution in [3.63, 3.8) is 0 Å². The number of carbonyl (C=O) groups is 1. The van der Waals surface area contributed by atoms with Gasteiger partial charge in [-0.3, -0.25) is 4.79 Å². The van der Waals surface area contributed by atoms with Crippen molar-refractivity contribution in [1.82, 2.24) is 0 Å². The summed E-state index contributed by atoms with van der Waals surface area (Å²) >= 11 is 0. The van der Waals surface area contributed by atoms with Crippen molar-refractivity contribution in [2.24, 2.45) is 0 Å². The average molecular weight is 440 g/mol. The van der Waals surface area contributed by atoms with E-state index >= 15 is 0 Å². The monoisotopic (exact) mass is 439 g/mol. The lowest BCUT2D eigenvalue weighted by molar-refractivity contribution is 0.0976. The molecule has 0 aromatic heterocycles. The number of benzene rings is 4. The molecule has 1 atom stereocenters. The Balaban J connectivity index is 1.67. The van der Waals surface area contributed by atoms with Crippen molar-refractivity contribution in [2.45, 2.75) is 26.3 Å². The first-order valence-electron chi connectivity index (χ1n) is 11.1. The number of rotatable bonds is 8. The number of Topliss-reactive ketones (excluding diaryl/α,β-unsaturated/α-hetero) is 1. The minimum atomic E-state index is -0.231. The van der Waals surface area contributed by atoms with E-state index in [0.717, 1.165) is 22.0 Å². The van der Waals surface area contributed by atoms with Gasteiger partial charge in [0.05, 0.1) is 20.3 Å². The lowest BCUT2D eigenvalue weighted by Crippen LogP contribution is -2.16. The zero-order valence-electron chi connectivity index (χ0n) is 19.5. The van der Waals surface area contributed by atoms with Crippen LogP contribution in [0.4, 0.5) is 5.69 Å². The summed E-state index contributed by atoms with van der Waals surface area (Å²) in [6.45, 7) is 4.18. The molecule has 4 aromatic rings. The third kappa shape index (κ3) is 5.01. The SMILES string of the molecule is COc1ccc(C(CC(=O)c2ccc3ccccc3c2)Nc2ccc(C)c(C)c2)cc1OC. The van der Waals surface area contributed by atoms with Crippen LogP contribution < -0.4 is 14.8 Å². The van der Waals surface area contributed by atoms with Gasteiger partial charge in [-0.2, -0.15) is 0 Å². The Hall–Kier alpha value is -3.79. The normalized spacial score (nSPS) is 11.8. The molecule has 4 rings (SSSR count). The highest BCUT2D eigenvalue weighted by Crippen LogP contribution is 2.33. The predicted octanol–water partition coefficient (Wildman–Crippen LogP) is 6.90. The molecule has 0 saturated heterocycles. The second-order valence-corrected chi connectivity index (χ2v) is 8.30. The number of hydrogen-bond acceptors (Lipinski definition) is 4. The molecule has 0 heterocycles. The van der Waals surface area contributed by atoms with E-state index < -0.39 is 0 Å². The zero-order chi connectivity index (χ0) is 23.4. The maximum Gasteiger partial charge on any atom is 0.165 e. The van der Waals surface area contributed by atoms with Gasteiger partial charge in [-0.1, -0.05) is 48.5 Å². The van der Waals surface area contributed by atoms with Crippen LogP contribution >= 0.6 is 0 Å². The Kier molecular flexibility index (Phi) is 6.64. The Morgan fingerprint density at radius 1 is 0.788 bits per heavy atom. The maximum atomic E-state index is 13.4. The predicted molar refractivity (Wildman–Crippen MR) is 135 cm³/mol. The molecule has 0 radical (unpaired) electrons. The van der Waals surface area contributed by atoms with Crippen LogP contribution in [0.5, 0.6) is 11.5 Å². The van der Waals surface area contributed by atoms with Gasteiger partial charge < -0.3 is 14.8 Å². The lowest BCUT2D eigenvalue weighted by Gasteiger charge is -2.22. The van der Waals surface area contributed by atoms with Gasteiger partial charge in [0.15, 0.2) is 17.3 Å². The minimum Gasteiger partial charge on any atom is -0.493 e. The summed E-state index contributed by atoms with van der Waals surface area (Å²) in [6.07, 6.45) is 0.306. The summed E-state index contributed by atoms with van der Waals surface area (Å²) < 4.78 is 10.9. The molecule has 0 amide bonds. The Bertz CT molecular complexity index is 1300. The van der Waals surface area contributed by atoms with E-state index in [1.54, 1.807) is 14.2 Å². The van der Waals surface area contributed by atoms with Crippen molar-refractivity contribution in [2.75, 3.05) is 19.5 Å². The second-order valence-electron chi connectivity index (χ2n) is 8.30. The summed E-state index contributed by atoms with van der Waals surface area (Å²) in [5.74, 6) is 1.38. The molecule has 0 saturated carbocycles. The third-order valence-corrected chi connectivity index (χ3v) is 6.12. The van der Waals surface area contributed by atoms with Crippen LogP contribution in [0.3, 0.4) is 0 Å². The number of nitrogens with one attached hydrogen (secondary N) is 1. The van der Waals surface area contributed by atoms with Gasteiger partial charge >= 0.3 is 0 Å². The van der Waals surface area contributed by atoms with Crippen molar-refractivity contribution in [3.05, 3.63) is 101 Å². The van der Waals surface area contributed by atoms with Crippen molar-refractivity contribution in [1.29, 1.82) is 0 Å². The summed E-state index contributed by atoms with van der Waals surface area (Å²) in [6, 6.07) is 25.8. The molecule has 0 aliphatic heterocycles. The fourth-order valence-corrected chi connectivity index (χ4v) is 4.02. The molecular weight excluding hydrogens is 410 g/mol. The fraction of sp³-hybridized carbons (Fsp3) is 0.207. The number of aryl methyl sites for hydroxylation is 2. The number of hydrogen-bond donors (Lipinski definition) is 1. The van der Waals surface area contributed by atoms with E-state index in [2.05, 4.69) is 43.4 Å². The van der Waals surface area contributed by atoms with Gasteiger partial charge in [-0.15, -0.1) is 0 Å². The summed E-state index contributed by atoms with van der Waals surface area (Å²) in [5, 5.41) is 5.76. The molecule has 4 heteroatoms. The highest BCUT2D eigenvalue weighted by atomic mass is 16.5. The first-order chi connectivity index (χ1) is 16.0. The molecule has 0 fully saturated rings.